The van der Waals surface area contributed by atoms with Gasteiger partial charge in [0, 0.05) is 0 Å². The second-order valence-electron chi connectivity index (χ2n) is 3.44. The summed E-state index contributed by atoms with van der Waals surface area (Å²) in [7, 11) is 0. The SMILES string of the molecule is CC(=NC/C=C/CC(C)(N)C(=O)O)NO. The number of rotatable bonds is 5. The van der Waals surface area contributed by atoms with E-state index in [1.165, 1.54) is 6.92 Å². The standard InChI is InChI=1S/C9H17N3O3/c1-7(12-15)11-6-4-3-5-9(2,10)8(13)14/h3-4,15H,5-6,10H2,1-2H3,(H,11,12)(H,13,14)/b4-3+. The smallest absolute Gasteiger partial charge is 0.323 e. The number of carboxylic acids is 1. The molecule has 0 spiro atoms. The summed E-state index contributed by atoms with van der Waals surface area (Å²) in [5.41, 5.74) is 6.13. The first-order chi connectivity index (χ1) is 6.90. The maximum absolute atomic E-state index is 10.6. The number of nitrogens with two attached hydrogens (primary N) is 1. The van der Waals surface area contributed by atoms with Crippen LogP contribution in [-0.4, -0.2) is 34.2 Å². The summed E-state index contributed by atoms with van der Waals surface area (Å²) < 4.78 is 0. The minimum atomic E-state index is -1.25. The largest absolute Gasteiger partial charge is 0.480 e. The molecule has 0 radical (unpaired) electrons. The number of amidine groups is 1. The molecule has 0 aromatic heterocycles. The Morgan fingerprint density at radius 2 is 2.20 bits per heavy atom. The van der Waals surface area contributed by atoms with Crippen LogP contribution in [0, 0.1) is 0 Å². The summed E-state index contributed by atoms with van der Waals surface area (Å²) in [5.74, 6) is -0.641. The van der Waals surface area contributed by atoms with Gasteiger partial charge in [0.25, 0.3) is 0 Å². The van der Waals surface area contributed by atoms with E-state index in [4.69, 9.17) is 16.0 Å². The van der Waals surface area contributed by atoms with Crippen molar-refractivity contribution in [1.29, 1.82) is 0 Å². The van der Waals surface area contributed by atoms with Crippen LogP contribution in [0.1, 0.15) is 20.3 Å². The van der Waals surface area contributed by atoms with Crippen molar-refractivity contribution < 1.29 is 15.1 Å². The average Bonchev–Trinajstić information content (AvgIpc) is 2.16. The van der Waals surface area contributed by atoms with Crippen LogP contribution in [-0.2, 0) is 4.79 Å². The Morgan fingerprint density at radius 3 is 2.67 bits per heavy atom. The van der Waals surface area contributed by atoms with E-state index in [1.54, 1.807) is 19.1 Å². The van der Waals surface area contributed by atoms with Crippen LogP contribution in [0.5, 0.6) is 0 Å². The number of carbonyl (C=O) groups is 1. The molecule has 0 aromatic rings. The Hall–Kier alpha value is -1.40. The number of aliphatic carboxylic acids is 1. The molecule has 0 saturated heterocycles. The summed E-state index contributed by atoms with van der Waals surface area (Å²) in [6.07, 6.45) is 3.58. The fraction of sp³-hybridized carbons (Fsp3) is 0.556. The van der Waals surface area contributed by atoms with E-state index in [1.807, 2.05) is 5.48 Å². The number of hydroxylamine groups is 1. The van der Waals surface area contributed by atoms with E-state index in [0.29, 0.717) is 12.4 Å². The van der Waals surface area contributed by atoms with Crippen LogP contribution < -0.4 is 11.2 Å². The molecule has 0 rings (SSSR count). The summed E-state index contributed by atoms with van der Waals surface area (Å²) >= 11 is 0. The summed E-state index contributed by atoms with van der Waals surface area (Å²) in [4.78, 5) is 14.5. The number of nitrogens with zero attached hydrogens (tertiary/aromatic N) is 1. The third-order valence-corrected chi connectivity index (χ3v) is 1.79. The van der Waals surface area contributed by atoms with Gasteiger partial charge in [0.05, 0.1) is 6.54 Å². The molecule has 15 heavy (non-hydrogen) atoms. The molecule has 0 aliphatic heterocycles. The zero-order valence-electron chi connectivity index (χ0n) is 8.90. The molecule has 5 N–H and O–H groups in total. The molecule has 0 amide bonds. The van der Waals surface area contributed by atoms with Gasteiger partial charge in [-0.15, -0.1) is 0 Å². The Bertz CT molecular complexity index is 272. The van der Waals surface area contributed by atoms with Gasteiger partial charge in [-0.2, -0.15) is 0 Å². The van der Waals surface area contributed by atoms with Crippen LogP contribution in [0.15, 0.2) is 17.1 Å². The number of carboxylic acid groups (broad SMARTS) is 1. The first kappa shape index (κ1) is 13.6. The van der Waals surface area contributed by atoms with Crippen molar-refractivity contribution >= 4 is 11.8 Å². The van der Waals surface area contributed by atoms with E-state index >= 15 is 0 Å². The van der Waals surface area contributed by atoms with Gasteiger partial charge in [-0.1, -0.05) is 12.2 Å². The molecule has 0 fully saturated rings. The van der Waals surface area contributed by atoms with E-state index < -0.39 is 11.5 Å². The zero-order chi connectivity index (χ0) is 11.9. The van der Waals surface area contributed by atoms with Crippen molar-refractivity contribution in [3.63, 3.8) is 0 Å². The summed E-state index contributed by atoms with van der Waals surface area (Å²) in [5, 5.41) is 17.1. The van der Waals surface area contributed by atoms with Gasteiger partial charge < -0.3 is 10.8 Å². The predicted octanol–water partition coefficient (Wildman–Crippen LogP) is 0.132. The first-order valence-corrected chi connectivity index (χ1v) is 4.48. The van der Waals surface area contributed by atoms with Gasteiger partial charge in [-0.25, -0.2) is 0 Å². The lowest BCUT2D eigenvalue weighted by molar-refractivity contribution is -0.142. The third kappa shape index (κ3) is 5.82. The van der Waals surface area contributed by atoms with E-state index in [-0.39, 0.29) is 6.42 Å². The second kappa shape index (κ2) is 6.15. The average molecular weight is 215 g/mol. The van der Waals surface area contributed by atoms with Gasteiger partial charge in [0.15, 0.2) is 0 Å². The molecule has 0 saturated carbocycles. The maximum atomic E-state index is 10.6. The number of aliphatic imine (C=N–C) groups is 1. The second-order valence-corrected chi connectivity index (χ2v) is 3.44. The van der Waals surface area contributed by atoms with Crippen molar-refractivity contribution in [2.24, 2.45) is 10.7 Å². The molecular weight excluding hydrogens is 198 g/mol. The van der Waals surface area contributed by atoms with Gasteiger partial charge in [-0.3, -0.25) is 20.5 Å². The minimum absolute atomic E-state index is 0.240. The van der Waals surface area contributed by atoms with Crippen molar-refractivity contribution in [2.75, 3.05) is 6.54 Å². The van der Waals surface area contributed by atoms with Crippen LogP contribution in [0.4, 0.5) is 0 Å². The monoisotopic (exact) mass is 215 g/mol. The molecule has 6 nitrogen and oxygen atoms in total. The Labute approximate surface area is 88.5 Å². The van der Waals surface area contributed by atoms with Gasteiger partial charge >= 0.3 is 5.97 Å². The van der Waals surface area contributed by atoms with Crippen molar-refractivity contribution in [3.05, 3.63) is 12.2 Å². The van der Waals surface area contributed by atoms with E-state index in [9.17, 15) is 4.79 Å². The fourth-order valence-electron chi connectivity index (χ4n) is 0.715. The van der Waals surface area contributed by atoms with Crippen LogP contribution >= 0.6 is 0 Å². The molecule has 0 heterocycles. The van der Waals surface area contributed by atoms with Gasteiger partial charge in [-0.05, 0) is 20.3 Å². The molecule has 6 heteroatoms. The number of hydrogen-bond acceptors (Lipinski definition) is 4. The quantitative estimate of drug-likeness (QED) is 0.226. The van der Waals surface area contributed by atoms with Crippen LogP contribution in [0.2, 0.25) is 0 Å². The van der Waals surface area contributed by atoms with Crippen LogP contribution in [0.3, 0.4) is 0 Å². The van der Waals surface area contributed by atoms with Gasteiger partial charge in [0.1, 0.15) is 11.4 Å². The third-order valence-electron chi connectivity index (χ3n) is 1.79. The zero-order valence-corrected chi connectivity index (χ0v) is 8.90. The summed E-state index contributed by atoms with van der Waals surface area (Å²) in [6.45, 7) is 3.43. The topological polar surface area (TPSA) is 108 Å². The van der Waals surface area contributed by atoms with E-state index in [2.05, 4.69) is 4.99 Å². The lowest BCUT2D eigenvalue weighted by Gasteiger charge is -2.15. The maximum Gasteiger partial charge on any atom is 0.323 e. The van der Waals surface area contributed by atoms with E-state index in [0.717, 1.165) is 0 Å². The Balaban J connectivity index is 3.96. The molecule has 1 atom stereocenters. The molecule has 0 aliphatic carbocycles. The lowest BCUT2D eigenvalue weighted by atomic mass is 10.00. The molecule has 1 unspecified atom stereocenters. The minimum Gasteiger partial charge on any atom is -0.480 e. The molecule has 0 aliphatic rings. The molecule has 0 aromatic carbocycles. The Morgan fingerprint density at radius 1 is 1.60 bits per heavy atom. The van der Waals surface area contributed by atoms with Crippen LogP contribution in [0.25, 0.3) is 0 Å². The molecule has 86 valence electrons. The lowest BCUT2D eigenvalue weighted by Crippen LogP contribution is -2.44. The number of nitrogens with one attached hydrogen (secondary N) is 1. The van der Waals surface area contributed by atoms with Crippen molar-refractivity contribution in [3.8, 4) is 0 Å². The highest BCUT2D eigenvalue weighted by atomic mass is 16.5. The highest BCUT2D eigenvalue weighted by Crippen LogP contribution is 2.06. The fourth-order valence-corrected chi connectivity index (χ4v) is 0.715. The van der Waals surface area contributed by atoms with Gasteiger partial charge in [0.2, 0.25) is 0 Å². The molecule has 0 bridgehead atoms. The molecular formula is C9H17N3O3. The highest BCUT2D eigenvalue weighted by Gasteiger charge is 2.25. The normalized spacial score (nSPS) is 16.4. The Kier molecular flexibility index (Phi) is 5.58. The first-order valence-electron chi connectivity index (χ1n) is 4.48. The predicted molar refractivity (Wildman–Crippen MR) is 56.9 cm³/mol. The highest BCUT2D eigenvalue weighted by molar-refractivity contribution is 5.78. The van der Waals surface area contributed by atoms with Crippen molar-refractivity contribution in [2.45, 2.75) is 25.8 Å². The van der Waals surface area contributed by atoms with Crippen molar-refractivity contribution in [1.82, 2.24) is 5.48 Å². The number of hydrogen-bond donors (Lipinski definition) is 4. The summed E-state index contributed by atoms with van der Waals surface area (Å²) in [6, 6.07) is 0.